The maximum atomic E-state index is 12.3. The fourth-order valence-corrected chi connectivity index (χ4v) is 3.68. The van der Waals surface area contributed by atoms with E-state index in [0.29, 0.717) is 5.56 Å². The molecule has 1 fully saturated rings. The van der Waals surface area contributed by atoms with Crippen molar-refractivity contribution in [1.82, 2.24) is 10.3 Å². The van der Waals surface area contributed by atoms with Crippen LogP contribution in [0.2, 0.25) is 0 Å². The van der Waals surface area contributed by atoms with Gasteiger partial charge in [-0.3, -0.25) is 9.69 Å². The summed E-state index contributed by atoms with van der Waals surface area (Å²) in [4.78, 5) is 14.9. The van der Waals surface area contributed by atoms with Crippen molar-refractivity contribution in [2.75, 3.05) is 13.1 Å². The molecule has 1 amide bonds. The van der Waals surface area contributed by atoms with E-state index in [1.54, 1.807) is 0 Å². The van der Waals surface area contributed by atoms with Gasteiger partial charge >= 0.3 is 0 Å². The molecule has 0 bridgehead atoms. The van der Waals surface area contributed by atoms with Crippen LogP contribution >= 0.6 is 0 Å². The summed E-state index contributed by atoms with van der Waals surface area (Å²) in [6, 6.07) is 18.7. The van der Waals surface area contributed by atoms with Gasteiger partial charge in [-0.05, 0) is 68.5 Å². The average Bonchev–Trinajstić information content (AvgIpc) is 2.74. The predicted molar refractivity (Wildman–Crippen MR) is 125 cm³/mol. The van der Waals surface area contributed by atoms with E-state index in [-0.39, 0.29) is 11.3 Å². The highest BCUT2D eigenvalue weighted by molar-refractivity contribution is 5.95. The van der Waals surface area contributed by atoms with E-state index in [9.17, 15) is 4.79 Å². The van der Waals surface area contributed by atoms with Crippen LogP contribution in [0.3, 0.4) is 0 Å². The molecule has 1 aliphatic rings. The Morgan fingerprint density at radius 1 is 1.00 bits per heavy atom. The first-order chi connectivity index (χ1) is 14.3. The molecule has 1 aliphatic heterocycles. The molecule has 2 aromatic carbocycles. The zero-order valence-corrected chi connectivity index (χ0v) is 18.8. The first-order valence-corrected chi connectivity index (χ1v) is 11.0. The van der Waals surface area contributed by atoms with Gasteiger partial charge in [0.1, 0.15) is 0 Å². The molecule has 0 aliphatic carbocycles. The third-order valence-corrected chi connectivity index (χ3v) is 6.11. The topological polar surface area (TPSA) is 44.7 Å². The Morgan fingerprint density at radius 3 is 2.23 bits per heavy atom. The van der Waals surface area contributed by atoms with E-state index in [1.165, 1.54) is 30.4 Å². The molecule has 1 saturated heterocycles. The Labute approximate surface area is 181 Å². The number of nitrogens with one attached hydrogen (secondary N) is 1. The number of piperidine rings is 1. The molecule has 3 rings (SSSR count). The maximum absolute atomic E-state index is 12.3. The number of carbonyl (C=O) groups is 1. The molecule has 30 heavy (non-hydrogen) atoms. The molecule has 0 aromatic heterocycles. The first kappa shape index (κ1) is 22.2. The largest absolute Gasteiger partial charge is 0.299 e. The van der Waals surface area contributed by atoms with Crippen molar-refractivity contribution in [2.24, 2.45) is 16.4 Å². The van der Waals surface area contributed by atoms with Gasteiger partial charge in [0.15, 0.2) is 0 Å². The van der Waals surface area contributed by atoms with Crippen molar-refractivity contribution >= 4 is 11.6 Å². The molecular weight excluding hydrogens is 370 g/mol. The summed E-state index contributed by atoms with van der Waals surface area (Å²) < 4.78 is 0. The average molecular weight is 406 g/mol. The van der Waals surface area contributed by atoms with Crippen molar-refractivity contribution in [3.63, 3.8) is 0 Å². The van der Waals surface area contributed by atoms with Crippen LogP contribution in [0.1, 0.15) is 62.0 Å². The number of rotatable bonds is 6. The summed E-state index contributed by atoms with van der Waals surface area (Å²) in [5.41, 5.74) is 6.87. The highest BCUT2D eigenvalue weighted by Crippen LogP contribution is 2.23. The number of hydrogen-bond acceptors (Lipinski definition) is 3. The molecule has 1 N–H and O–H groups in total. The number of carbonyl (C=O) groups excluding carboxylic acids is 1. The van der Waals surface area contributed by atoms with E-state index in [1.807, 2.05) is 19.1 Å². The van der Waals surface area contributed by atoms with Gasteiger partial charge in [-0.1, -0.05) is 63.2 Å². The zero-order chi connectivity index (χ0) is 21.6. The summed E-state index contributed by atoms with van der Waals surface area (Å²) in [6.45, 7) is 11.4. The third-order valence-electron chi connectivity index (χ3n) is 6.11. The van der Waals surface area contributed by atoms with Gasteiger partial charge in [0.25, 0.3) is 5.91 Å². The fraction of sp³-hybridized carbons (Fsp3) is 0.462. The van der Waals surface area contributed by atoms with Crippen LogP contribution in [-0.4, -0.2) is 29.6 Å². The summed E-state index contributed by atoms with van der Waals surface area (Å²) in [6.07, 6.45) is 3.69. The molecule has 0 unspecified atom stereocenters. The minimum atomic E-state index is -0.160. The number of amides is 1. The van der Waals surface area contributed by atoms with E-state index in [0.717, 1.165) is 31.3 Å². The second kappa shape index (κ2) is 10.0. The summed E-state index contributed by atoms with van der Waals surface area (Å²) in [7, 11) is 0. The molecule has 1 heterocycles. The van der Waals surface area contributed by atoms with Crippen LogP contribution in [0.4, 0.5) is 0 Å². The van der Waals surface area contributed by atoms with Gasteiger partial charge in [0.05, 0.1) is 0 Å². The number of hydrogen-bond donors (Lipinski definition) is 1. The monoisotopic (exact) mass is 405 g/mol. The molecular formula is C26H35N3O. The Balaban J connectivity index is 1.46. The molecule has 0 saturated carbocycles. The second-order valence-corrected chi connectivity index (χ2v) is 9.49. The summed E-state index contributed by atoms with van der Waals surface area (Å²) in [5, 5.41) is 4.23. The van der Waals surface area contributed by atoms with Gasteiger partial charge in [-0.25, -0.2) is 5.43 Å². The van der Waals surface area contributed by atoms with E-state index >= 15 is 0 Å². The number of nitrogens with zero attached hydrogens (tertiary/aromatic N) is 2. The zero-order valence-electron chi connectivity index (χ0n) is 18.8. The number of benzene rings is 2. The molecule has 4 heteroatoms. The standard InChI is InChI=1S/C26H35N3O/c1-20(26(2,3)4)27-28-25(30)24-12-10-23(11-13-24)19-29-16-14-22(15-17-29)18-21-8-6-5-7-9-21/h5-13,22H,14-19H2,1-4H3,(H,28,30)/b27-20+. The highest BCUT2D eigenvalue weighted by Gasteiger charge is 2.20. The molecule has 0 atom stereocenters. The van der Waals surface area contributed by atoms with Crippen molar-refractivity contribution in [3.8, 4) is 0 Å². The minimum Gasteiger partial charge on any atom is -0.299 e. The second-order valence-electron chi connectivity index (χ2n) is 9.49. The van der Waals surface area contributed by atoms with Crippen LogP contribution in [0.15, 0.2) is 59.7 Å². The normalized spacial score (nSPS) is 16.5. The van der Waals surface area contributed by atoms with E-state index < -0.39 is 0 Å². The Morgan fingerprint density at radius 2 is 1.63 bits per heavy atom. The number of likely N-dealkylation sites (tertiary alicyclic amines) is 1. The van der Waals surface area contributed by atoms with Crippen molar-refractivity contribution < 1.29 is 4.79 Å². The molecule has 0 radical (unpaired) electrons. The lowest BCUT2D eigenvalue weighted by molar-refractivity contribution is 0.0954. The molecule has 0 spiro atoms. The van der Waals surface area contributed by atoms with Crippen LogP contribution in [-0.2, 0) is 13.0 Å². The van der Waals surface area contributed by atoms with Crippen molar-refractivity contribution in [2.45, 2.75) is 53.5 Å². The molecule has 2 aromatic rings. The lowest BCUT2D eigenvalue weighted by Gasteiger charge is -2.32. The van der Waals surface area contributed by atoms with Crippen molar-refractivity contribution in [1.29, 1.82) is 0 Å². The smallest absolute Gasteiger partial charge is 0.271 e. The van der Waals surface area contributed by atoms with E-state index in [4.69, 9.17) is 0 Å². The first-order valence-electron chi connectivity index (χ1n) is 11.0. The fourth-order valence-electron chi connectivity index (χ4n) is 3.68. The van der Waals surface area contributed by atoms with Crippen LogP contribution in [0.25, 0.3) is 0 Å². The summed E-state index contributed by atoms with van der Waals surface area (Å²) >= 11 is 0. The van der Waals surface area contributed by atoms with Gasteiger partial charge in [0, 0.05) is 23.2 Å². The van der Waals surface area contributed by atoms with Gasteiger partial charge < -0.3 is 0 Å². The van der Waals surface area contributed by atoms with Crippen LogP contribution in [0, 0.1) is 11.3 Å². The minimum absolute atomic E-state index is 0.0499. The van der Waals surface area contributed by atoms with Crippen LogP contribution < -0.4 is 5.43 Å². The van der Waals surface area contributed by atoms with E-state index in [2.05, 4.69) is 78.7 Å². The number of hydrazone groups is 1. The molecule has 4 nitrogen and oxygen atoms in total. The Kier molecular flexibility index (Phi) is 7.43. The lowest BCUT2D eigenvalue weighted by atomic mass is 9.90. The third kappa shape index (κ3) is 6.53. The lowest BCUT2D eigenvalue weighted by Crippen LogP contribution is -2.33. The van der Waals surface area contributed by atoms with Gasteiger partial charge in [-0.15, -0.1) is 0 Å². The summed E-state index contributed by atoms with van der Waals surface area (Å²) in [5.74, 6) is 0.624. The van der Waals surface area contributed by atoms with Gasteiger partial charge in [0.2, 0.25) is 0 Å². The van der Waals surface area contributed by atoms with Crippen LogP contribution in [0.5, 0.6) is 0 Å². The SMILES string of the molecule is C/C(=N\NC(=O)c1ccc(CN2CCC(Cc3ccccc3)CC2)cc1)C(C)(C)C. The predicted octanol–water partition coefficient (Wildman–Crippen LogP) is 5.29. The Hall–Kier alpha value is -2.46. The van der Waals surface area contributed by atoms with Gasteiger partial charge in [-0.2, -0.15) is 5.10 Å². The highest BCUT2D eigenvalue weighted by atomic mass is 16.2. The maximum Gasteiger partial charge on any atom is 0.271 e. The van der Waals surface area contributed by atoms with Crippen molar-refractivity contribution in [3.05, 3.63) is 71.3 Å². The Bertz CT molecular complexity index is 842. The quantitative estimate of drug-likeness (QED) is 0.524. The molecule has 160 valence electrons.